The van der Waals surface area contributed by atoms with Gasteiger partial charge in [-0.3, -0.25) is 4.57 Å². The van der Waals surface area contributed by atoms with Crippen LogP contribution in [0, 0.1) is 0 Å². The van der Waals surface area contributed by atoms with Gasteiger partial charge in [0, 0.05) is 10.8 Å². The van der Waals surface area contributed by atoms with Gasteiger partial charge in [0.1, 0.15) is 17.5 Å². The minimum Gasteiger partial charge on any atom is -0.455 e. The highest BCUT2D eigenvalue weighted by atomic mass is 16.3. The Balaban J connectivity index is 1.59. The molecule has 0 aliphatic rings. The quantitative estimate of drug-likeness (QED) is 0.226. The van der Waals surface area contributed by atoms with Crippen LogP contribution in [0.25, 0.3) is 61.4 Å². The van der Waals surface area contributed by atoms with Crippen molar-refractivity contribution in [2.24, 2.45) is 0 Å². The Labute approximate surface area is 232 Å². The normalized spacial score (nSPS) is 11.9. The Morgan fingerprint density at radius 3 is 2.17 bits per heavy atom. The minimum absolute atomic E-state index is 0.248. The summed E-state index contributed by atoms with van der Waals surface area (Å²) in [7, 11) is 0. The molecule has 0 saturated carbocycles. The molecule has 40 heavy (non-hydrogen) atoms. The summed E-state index contributed by atoms with van der Waals surface area (Å²) in [6.45, 7) is 8.96. The molecule has 0 N–H and O–H groups in total. The zero-order chi connectivity index (χ0) is 27.4. The third-order valence-electron chi connectivity index (χ3n) is 7.61. The van der Waals surface area contributed by atoms with Crippen molar-refractivity contribution in [3.8, 4) is 28.2 Å². The van der Waals surface area contributed by atoms with Crippen LogP contribution in [-0.2, 0) is 0 Å². The minimum atomic E-state index is 0.248. The number of imidazole rings is 1. The van der Waals surface area contributed by atoms with E-state index in [1.165, 1.54) is 28.6 Å². The average molecular weight is 524 g/mol. The number of benzene rings is 4. The van der Waals surface area contributed by atoms with Crippen LogP contribution in [0.15, 0.2) is 95.7 Å². The molecule has 196 valence electrons. The molecule has 0 aliphatic carbocycles. The van der Waals surface area contributed by atoms with Gasteiger partial charge in [-0.2, -0.15) is 0 Å². The Morgan fingerprint density at radius 2 is 1.43 bits per heavy atom. The highest BCUT2D eigenvalue weighted by Gasteiger charge is 2.26. The van der Waals surface area contributed by atoms with Crippen molar-refractivity contribution in [3.05, 3.63) is 102 Å². The van der Waals surface area contributed by atoms with E-state index < -0.39 is 0 Å². The number of nitrogens with zero attached hydrogens (tertiary/aromatic N) is 5. The first-order valence-corrected chi connectivity index (χ1v) is 13.7. The highest BCUT2D eigenvalue weighted by molar-refractivity contribution is 6.09. The Kier molecular flexibility index (Phi) is 5.70. The Bertz CT molecular complexity index is 1990. The molecule has 0 atom stereocenters. The first-order chi connectivity index (χ1) is 19.5. The Morgan fingerprint density at radius 1 is 0.725 bits per heavy atom. The summed E-state index contributed by atoms with van der Waals surface area (Å²) in [6.07, 6.45) is 1.49. The predicted molar refractivity (Wildman–Crippen MR) is 161 cm³/mol. The van der Waals surface area contributed by atoms with Gasteiger partial charge in [0.05, 0.1) is 11.3 Å². The molecule has 0 amide bonds. The predicted octanol–water partition coefficient (Wildman–Crippen LogP) is 8.69. The molecule has 0 bridgehead atoms. The van der Waals surface area contributed by atoms with E-state index in [0.29, 0.717) is 11.3 Å². The molecule has 7 rings (SSSR count). The summed E-state index contributed by atoms with van der Waals surface area (Å²) < 4.78 is 8.62. The van der Waals surface area contributed by atoms with Crippen molar-refractivity contribution < 1.29 is 4.42 Å². The van der Waals surface area contributed by atoms with Crippen LogP contribution in [0.4, 0.5) is 0 Å². The summed E-state index contributed by atoms with van der Waals surface area (Å²) in [6, 6.07) is 29.6. The molecular weight excluding hydrogens is 494 g/mol. The maximum absolute atomic E-state index is 6.45. The summed E-state index contributed by atoms with van der Waals surface area (Å²) in [5.74, 6) is 1.24. The lowest BCUT2D eigenvalue weighted by molar-refractivity contribution is 0.669. The lowest BCUT2D eigenvalue weighted by Crippen LogP contribution is -2.10. The molecular formula is C34H29N5O. The van der Waals surface area contributed by atoms with Crippen LogP contribution in [0.5, 0.6) is 0 Å². The standard InChI is InChI=1S/C34H29N5O/c1-20(2)27-17-23(22-11-6-5-7-12-22)18-28(21(3)4)30(27)39-33(37-32-34(39)35-19-36-38-32)26-15-10-14-25-24-13-8-9-16-29(24)40-31(25)26/h5-21H,1-4H3. The van der Waals surface area contributed by atoms with Gasteiger partial charge in [0.15, 0.2) is 11.5 Å². The second-order valence-electron chi connectivity index (χ2n) is 10.8. The summed E-state index contributed by atoms with van der Waals surface area (Å²) in [4.78, 5) is 9.73. The van der Waals surface area contributed by atoms with Crippen molar-refractivity contribution in [2.45, 2.75) is 39.5 Å². The fourth-order valence-electron chi connectivity index (χ4n) is 5.68. The van der Waals surface area contributed by atoms with Gasteiger partial charge in [0.2, 0.25) is 5.65 Å². The number of furan rings is 1. The van der Waals surface area contributed by atoms with Gasteiger partial charge in [0.25, 0.3) is 0 Å². The van der Waals surface area contributed by atoms with Crippen molar-refractivity contribution in [1.29, 1.82) is 0 Å². The van der Waals surface area contributed by atoms with E-state index >= 15 is 0 Å². The van der Waals surface area contributed by atoms with Gasteiger partial charge in [-0.15, -0.1) is 10.2 Å². The van der Waals surface area contributed by atoms with Crippen molar-refractivity contribution in [1.82, 2.24) is 24.7 Å². The van der Waals surface area contributed by atoms with Crippen molar-refractivity contribution >= 4 is 33.2 Å². The monoisotopic (exact) mass is 523 g/mol. The molecule has 0 unspecified atom stereocenters. The molecule has 0 saturated heterocycles. The molecule has 6 nitrogen and oxygen atoms in total. The number of rotatable bonds is 5. The van der Waals surface area contributed by atoms with Crippen LogP contribution in [0.3, 0.4) is 0 Å². The number of aromatic nitrogens is 5. The van der Waals surface area contributed by atoms with E-state index in [1.807, 2.05) is 18.2 Å². The first-order valence-electron chi connectivity index (χ1n) is 13.7. The lowest BCUT2D eigenvalue weighted by Gasteiger charge is -2.24. The molecule has 7 aromatic rings. The maximum atomic E-state index is 6.45. The van der Waals surface area contributed by atoms with Crippen LogP contribution in [0.1, 0.15) is 50.7 Å². The zero-order valence-electron chi connectivity index (χ0n) is 23.0. The van der Waals surface area contributed by atoms with Crippen molar-refractivity contribution in [2.75, 3.05) is 0 Å². The maximum Gasteiger partial charge on any atom is 0.220 e. The molecule has 4 aromatic carbocycles. The second-order valence-corrected chi connectivity index (χ2v) is 10.8. The molecule has 0 radical (unpaired) electrons. The topological polar surface area (TPSA) is 69.6 Å². The summed E-state index contributed by atoms with van der Waals surface area (Å²) in [5.41, 5.74) is 9.66. The average Bonchev–Trinajstić information content (AvgIpc) is 3.55. The summed E-state index contributed by atoms with van der Waals surface area (Å²) >= 11 is 0. The number of hydrogen-bond acceptors (Lipinski definition) is 5. The first kappa shape index (κ1) is 24.2. The van der Waals surface area contributed by atoms with E-state index in [4.69, 9.17) is 14.4 Å². The van der Waals surface area contributed by atoms with Gasteiger partial charge < -0.3 is 4.42 Å². The van der Waals surface area contributed by atoms with Gasteiger partial charge >= 0.3 is 0 Å². The van der Waals surface area contributed by atoms with Crippen LogP contribution < -0.4 is 0 Å². The summed E-state index contributed by atoms with van der Waals surface area (Å²) in [5, 5.41) is 10.6. The molecule has 3 heterocycles. The van der Waals surface area contributed by atoms with Gasteiger partial charge in [-0.05, 0) is 58.4 Å². The van der Waals surface area contributed by atoms with Gasteiger partial charge in [-0.1, -0.05) is 88.4 Å². The van der Waals surface area contributed by atoms with E-state index in [1.54, 1.807) is 0 Å². The molecule has 6 heteroatoms. The molecule has 0 aliphatic heterocycles. The van der Waals surface area contributed by atoms with E-state index in [9.17, 15) is 0 Å². The second kappa shape index (κ2) is 9.42. The largest absolute Gasteiger partial charge is 0.455 e. The fraction of sp³-hybridized carbons (Fsp3) is 0.176. The SMILES string of the molecule is CC(C)c1cc(-c2ccccc2)cc(C(C)C)c1-n1c(-c2cccc3c2oc2ccccc23)nc2nncnc21. The molecule has 0 fully saturated rings. The van der Waals surface area contributed by atoms with Crippen LogP contribution in [0.2, 0.25) is 0 Å². The van der Waals surface area contributed by atoms with E-state index in [0.717, 1.165) is 39.0 Å². The smallest absolute Gasteiger partial charge is 0.220 e. The van der Waals surface area contributed by atoms with Crippen LogP contribution in [-0.4, -0.2) is 24.7 Å². The van der Waals surface area contributed by atoms with Crippen molar-refractivity contribution in [3.63, 3.8) is 0 Å². The highest BCUT2D eigenvalue weighted by Crippen LogP contribution is 2.41. The lowest BCUT2D eigenvalue weighted by atomic mass is 9.88. The van der Waals surface area contributed by atoms with E-state index in [2.05, 4.69) is 109 Å². The Hall–Kier alpha value is -4.84. The zero-order valence-corrected chi connectivity index (χ0v) is 23.0. The number of fused-ring (bicyclic) bond motifs is 4. The number of hydrogen-bond donors (Lipinski definition) is 0. The molecule has 0 spiro atoms. The van der Waals surface area contributed by atoms with Crippen LogP contribution >= 0.6 is 0 Å². The third-order valence-corrected chi connectivity index (χ3v) is 7.61. The van der Waals surface area contributed by atoms with E-state index in [-0.39, 0.29) is 11.8 Å². The van der Waals surface area contributed by atoms with Gasteiger partial charge in [-0.25, -0.2) is 9.97 Å². The number of para-hydroxylation sites is 2. The third kappa shape index (κ3) is 3.79. The molecule has 3 aromatic heterocycles. The fourth-order valence-corrected chi connectivity index (χ4v) is 5.68.